The Morgan fingerprint density at radius 3 is 1.24 bits per heavy atom. The quantitative estimate of drug-likeness (QED) is 0.181. The molecule has 234 valence electrons. The second kappa shape index (κ2) is 12.7. The summed E-state index contributed by atoms with van der Waals surface area (Å²) in [5, 5.41) is 4.08. The van der Waals surface area contributed by atoms with Gasteiger partial charge in [0.15, 0.2) is 17.5 Å². The topological polar surface area (TPSA) is 38.7 Å². The Bertz CT molecular complexity index is 2900. The van der Waals surface area contributed by atoms with E-state index in [9.17, 15) is 0 Å². The first-order chi connectivity index (χ1) is 26.8. The lowest BCUT2D eigenvalue weighted by atomic mass is 9.97. The van der Waals surface area contributed by atoms with Gasteiger partial charge in [-0.2, -0.15) is 0 Å². The average molecular weight is 643 g/mol. The van der Waals surface area contributed by atoms with Gasteiger partial charge in [0.25, 0.3) is 0 Å². The predicted molar refractivity (Wildman–Crippen MR) is 207 cm³/mol. The zero-order chi connectivity index (χ0) is 37.6. The van der Waals surface area contributed by atoms with E-state index in [1.54, 1.807) is 6.07 Å². The van der Waals surface area contributed by atoms with E-state index in [-0.39, 0.29) is 29.7 Å². The summed E-state index contributed by atoms with van der Waals surface area (Å²) in [5.74, 6) is 1.63. The van der Waals surface area contributed by atoms with Crippen molar-refractivity contribution in [2.24, 2.45) is 0 Å². The van der Waals surface area contributed by atoms with Crippen molar-refractivity contribution in [1.82, 2.24) is 15.0 Å². The van der Waals surface area contributed by atoms with Gasteiger partial charge >= 0.3 is 0 Å². The molecule has 8 aromatic carbocycles. The van der Waals surface area contributed by atoms with E-state index in [1.807, 2.05) is 78.9 Å². The number of hydrogen-bond donors (Lipinski definition) is 0. The Morgan fingerprint density at radius 1 is 0.280 bits per heavy atom. The van der Waals surface area contributed by atoms with Crippen LogP contribution in [0.25, 0.3) is 89.1 Å². The van der Waals surface area contributed by atoms with Crippen molar-refractivity contribution in [2.45, 2.75) is 0 Å². The standard InChI is InChI=1S/C47H31N3/c1-4-11-32(12-5-1)36-19-21-40-29-38(23-24-39(40)27-36)35-17-10-18-43(30-35)46-48-45(34-15-8-3-9-16-34)49-47(50-46)44-26-25-41-28-37(20-22-42(41)31-44)33-13-6-2-7-14-33/h1-31H/i2D,6D,7D,13D,14D. The molecule has 3 nitrogen and oxygen atoms in total. The average Bonchev–Trinajstić information content (AvgIpc) is 3.25. The molecule has 0 N–H and O–H groups in total. The Kier molecular flexibility index (Phi) is 6.22. The van der Waals surface area contributed by atoms with E-state index in [0.29, 0.717) is 23.0 Å². The third-order valence-corrected chi connectivity index (χ3v) is 8.96. The minimum Gasteiger partial charge on any atom is -0.208 e. The van der Waals surface area contributed by atoms with Gasteiger partial charge in [-0.3, -0.25) is 0 Å². The fourth-order valence-corrected chi connectivity index (χ4v) is 6.36. The van der Waals surface area contributed by atoms with Gasteiger partial charge in [-0.05, 0) is 85.3 Å². The number of fused-ring (bicyclic) bond motifs is 2. The minimum absolute atomic E-state index is 0.176. The van der Waals surface area contributed by atoms with Crippen LogP contribution in [-0.2, 0) is 0 Å². The third kappa shape index (κ3) is 5.82. The number of aromatic nitrogens is 3. The zero-order valence-corrected chi connectivity index (χ0v) is 26.9. The highest BCUT2D eigenvalue weighted by Crippen LogP contribution is 2.33. The summed E-state index contributed by atoms with van der Waals surface area (Å²) >= 11 is 0. The molecule has 1 aromatic heterocycles. The van der Waals surface area contributed by atoms with Crippen LogP contribution in [0.2, 0.25) is 0 Å². The molecular weight excluding hydrogens is 607 g/mol. The summed E-state index contributed by atoms with van der Waals surface area (Å²) in [7, 11) is 0. The summed E-state index contributed by atoms with van der Waals surface area (Å²) in [6, 6.07) is 51.5. The van der Waals surface area contributed by atoms with Crippen LogP contribution in [0.4, 0.5) is 0 Å². The van der Waals surface area contributed by atoms with Crippen LogP contribution in [0.5, 0.6) is 0 Å². The highest BCUT2D eigenvalue weighted by atomic mass is 15.0. The van der Waals surface area contributed by atoms with Crippen molar-refractivity contribution in [3.05, 3.63) is 188 Å². The molecule has 9 aromatic rings. The molecule has 3 heteroatoms. The number of hydrogen-bond acceptors (Lipinski definition) is 3. The normalized spacial score (nSPS) is 12.6. The minimum atomic E-state index is -0.408. The Balaban J connectivity index is 1.10. The molecule has 0 spiro atoms. The predicted octanol–water partition coefficient (Wildman–Crippen LogP) is 12.2. The smallest absolute Gasteiger partial charge is 0.164 e. The van der Waals surface area contributed by atoms with Crippen molar-refractivity contribution in [2.75, 3.05) is 0 Å². The first-order valence-corrected chi connectivity index (χ1v) is 16.4. The number of rotatable bonds is 6. The second-order valence-corrected chi connectivity index (χ2v) is 12.2. The molecule has 50 heavy (non-hydrogen) atoms. The van der Waals surface area contributed by atoms with Crippen LogP contribution in [0.1, 0.15) is 6.85 Å². The van der Waals surface area contributed by atoms with Gasteiger partial charge in [-0.25, -0.2) is 15.0 Å². The van der Waals surface area contributed by atoms with Gasteiger partial charge in [0.2, 0.25) is 0 Å². The van der Waals surface area contributed by atoms with Crippen LogP contribution in [0.15, 0.2) is 188 Å². The second-order valence-electron chi connectivity index (χ2n) is 12.2. The molecule has 0 radical (unpaired) electrons. The molecule has 0 unspecified atom stereocenters. The van der Waals surface area contributed by atoms with Crippen molar-refractivity contribution in [3.63, 3.8) is 0 Å². The maximum Gasteiger partial charge on any atom is 0.164 e. The molecule has 0 fully saturated rings. The number of nitrogens with zero attached hydrogens (tertiary/aromatic N) is 3. The summed E-state index contributed by atoms with van der Waals surface area (Å²) in [6.45, 7) is 0. The summed E-state index contributed by atoms with van der Waals surface area (Å²) in [5.41, 5.74) is 7.78. The molecular formula is C47H31N3. The summed E-state index contributed by atoms with van der Waals surface area (Å²) in [4.78, 5) is 14.9. The fraction of sp³-hybridized carbons (Fsp3) is 0. The molecule has 0 bridgehead atoms. The highest BCUT2D eigenvalue weighted by Gasteiger charge is 2.14. The van der Waals surface area contributed by atoms with Gasteiger partial charge in [-0.1, -0.05) is 158 Å². The maximum absolute atomic E-state index is 8.44. The van der Waals surface area contributed by atoms with Crippen LogP contribution < -0.4 is 0 Å². The lowest BCUT2D eigenvalue weighted by Gasteiger charge is -2.11. The summed E-state index contributed by atoms with van der Waals surface area (Å²) < 4.78 is 41.1. The van der Waals surface area contributed by atoms with Crippen molar-refractivity contribution >= 4 is 21.5 Å². The molecule has 0 aliphatic carbocycles. The van der Waals surface area contributed by atoms with Gasteiger partial charge in [0, 0.05) is 16.7 Å². The zero-order valence-electron chi connectivity index (χ0n) is 31.9. The van der Waals surface area contributed by atoms with Crippen LogP contribution in [0.3, 0.4) is 0 Å². The Morgan fingerprint density at radius 2 is 0.660 bits per heavy atom. The lowest BCUT2D eigenvalue weighted by Crippen LogP contribution is -2.00. The molecule has 0 aliphatic rings. The summed E-state index contributed by atoms with van der Waals surface area (Å²) in [6.07, 6.45) is 0. The van der Waals surface area contributed by atoms with Gasteiger partial charge in [-0.15, -0.1) is 0 Å². The monoisotopic (exact) mass is 642 g/mol. The largest absolute Gasteiger partial charge is 0.208 e. The number of benzene rings is 8. The SMILES string of the molecule is [2H]c1c([2H])c([2H])c(-c2ccc3cc(-c4nc(-c5ccccc5)nc(-c5cccc(-c6ccc7cc(-c8ccccc8)ccc7c6)c5)n4)ccc3c2)c([2H])c1[2H]. The fourth-order valence-electron chi connectivity index (χ4n) is 6.36. The molecule has 0 saturated heterocycles. The van der Waals surface area contributed by atoms with Crippen molar-refractivity contribution in [3.8, 4) is 67.5 Å². The van der Waals surface area contributed by atoms with Crippen LogP contribution in [-0.4, -0.2) is 15.0 Å². The molecule has 9 rings (SSSR count). The van der Waals surface area contributed by atoms with E-state index >= 15 is 0 Å². The van der Waals surface area contributed by atoms with E-state index in [0.717, 1.165) is 44.0 Å². The van der Waals surface area contributed by atoms with Gasteiger partial charge in [0.1, 0.15) is 0 Å². The Labute approximate surface area is 298 Å². The van der Waals surface area contributed by atoms with Gasteiger partial charge < -0.3 is 0 Å². The Hall–Kier alpha value is -6.71. The molecule has 0 amide bonds. The first kappa shape index (κ1) is 24.4. The molecule has 0 saturated carbocycles. The first-order valence-electron chi connectivity index (χ1n) is 18.9. The van der Waals surface area contributed by atoms with Crippen molar-refractivity contribution < 1.29 is 6.85 Å². The van der Waals surface area contributed by atoms with E-state index in [2.05, 4.69) is 72.8 Å². The van der Waals surface area contributed by atoms with Gasteiger partial charge in [0.05, 0.1) is 6.85 Å². The molecule has 1 heterocycles. The van der Waals surface area contributed by atoms with Crippen molar-refractivity contribution in [1.29, 1.82) is 0 Å². The van der Waals surface area contributed by atoms with Crippen LogP contribution in [0, 0.1) is 0 Å². The lowest BCUT2D eigenvalue weighted by molar-refractivity contribution is 1.07. The molecule has 0 atom stereocenters. The van der Waals surface area contributed by atoms with Crippen LogP contribution >= 0.6 is 0 Å². The maximum atomic E-state index is 8.44. The third-order valence-electron chi connectivity index (χ3n) is 8.96. The van der Waals surface area contributed by atoms with E-state index < -0.39 is 6.04 Å². The molecule has 0 aliphatic heterocycles. The van der Waals surface area contributed by atoms with E-state index in [4.69, 9.17) is 21.8 Å². The van der Waals surface area contributed by atoms with E-state index in [1.165, 1.54) is 16.5 Å². The highest BCUT2D eigenvalue weighted by molar-refractivity contribution is 5.92.